The molecule has 2 aromatic rings. The molecular formula is C15H23N5O3P. The first-order chi connectivity index (χ1) is 11.2. The predicted octanol–water partition coefficient (Wildman–Crippen LogP) is 2.97. The van der Waals surface area contributed by atoms with Gasteiger partial charge in [0.25, 0.3) is 0 Å². The Morgan fingerprint density at radius 3 is 1.83 bits per heavy atom. The maximum absolute atomic E-state index is 13.6. The Labute approximate surface area is 141 Å². The van der Waals surface area contributed by atoms with E-state index in [0.717, 1.165) is 5.06 Å². The largest absolute Gasteiger partial charge is 0.406 e. The lowest BCUT2D eigenvalue weighted by molar-refractivity contribution is -0.296. The molecular weight excluding hydrogens is 329 g/mol. The summed E-state index contributed by atoms with van der Waals surface area (Å²) in [6.07, 6.45) is 9.94. The average Bonchev–Trinajstić information content (AvgIpc) is 3.17. The van der Waals surface area contributed by atoms with Gasteiger partial charge in [-0.05, 0) is 40.5 Å². The topological polar surface area (TPSA) is 85.1 Å². The van der Waals surface area contributed by atoms with Crippen molar-refractivity contribution in [2.75, 3.05) is 0 Å². The molecule has 8 nitrogen and oxygen atoms in total. The van der Waals surface area contributed by atoms with Crippen LogP contribution in [0, 0.1) is 0 Å². The number of hydroxylamine groups is 2. The zero-order valence-corrected chi connectivity index (χ0v) is 15.3. The Kier molecular flexibility index (Phi) is 4.20. The van der Waals surface area contributed by atoms with Crippen molar-refractivity contribution in [2.45, 2.75) is 57.7 Å². The van der Waals surface area contributed by atoms with Gasteiger partial charge >= 0.3 is 7.67 Å². The summed E-state index contributed by atoms with van der Waals surface area (Å²) < 4.78 is 22.7. The van der Waals surface area contributed by atoms with Crippen molar-refractivity contribution >= 4 is 7.67 Å². The number of imidazole rings is 2. The first-order valence-corrected chi connectivity index (χ1v) is 9.42. The Hall–Kier alpha value is -1.47. The summed E-state index contributed by atoms with van der Waals surface area (Å²) in [4.78, 5) is 7.96. The van der Waals surface area contributed by atoms with Crippen molar-refractivity contribution in [3.8, 4) is 0 Å². The molecule has 0 unspecified atom stereocenters. The van der Waals surface area contributed by atoms with Crippen LogP contribution in [0.15, 0.2) is 37.4 Å². The molecule has 0 saturated carbocycles. The van der Waals surface area contributed by atoms with Crippen LogP contribution in [-0.2, 0) is 14.3 Å². The minimum Gasteiger partial charge on any atom is -0.293 e. The van der Waals surface area contributed by atoms with E-state index >= 15 is 0 Å². The van der Waals surface area contributed by atoms with E-state index in [1.54, 1.807) is 24.8 Å². The summed E-state index contributed by atoms with van der Waals surface area (Å²) in [6, 6.07) is 0. The SMILES string of the molecule is CC1(C)CC(OP(=O)(n2ccnc2)n2ccnc2)CC(C)(C)N1[O]. The molecule has 0 N–H and O–H groups in total. The van der Waals surface area contributed by atoms with E-state index < -0.39 is 18.7 Å². The highest BCUT2D eigenvalue weighted by Crippen LogP contribution is 2.53. The van der Waals surface area contributed by atoms with Crippen LogP contribution >= 0.6 is 7.67 Å². The van der Waals surface area contributed by atoms with Gasteiger partial charge in [-0.2, -0.15) is 0 Å². The molecule has 3 rings (SSSR count). The smallest absolute Gasteiger partial charge is 0.293 e. The van der Waals surface area contributed by atoms with Gasteiger partial charge in [0.05, 0.1) is 6.10 Å². The summed E-state index contributed by atoms with van der Waals surface area (Å²) in [5, 5.41) is 13.6. The second-order valence-corrected chi connectivity index (χ2v) is 9.55. The van der Waals surface area contributed by atoms with Crippen molar-refractivity contribution in [3.63, 3.8) is 0 Å². The Balaban J connectivity index is 1.94. The van der Waals surface area contributed by atoms with Gasteiger partial charge in [-0.25, -0.2) is 23.2 Å². The summed E-state index contributed by atoms with van der Waals surface area (Å²) >= 11 is 0. The molecule has 1 fully saturated rings. The van der Waals surface area contributed by atoms with Crippen LogP contribution in [0.3, 0.4) is 0 Å². The number of piperidine rings is 1. The third-order valence-electron chi connectivity index (χ3n) is 4.40. The second kappa shape index (κ2) is 5.81. The van der Waals surface area contributed by atoms with Crippen LogP contribution in [0.1, 0.15) is 40.5 Å². The fraction of sp³-hybridized carbons (Fsp3) is 0.600. The van der Waals surface area contributed by atoms with E-state index in [0.29, 0.717) is 12.8 Å². The molecule has 0 aromatic carbocycles. The van der Waals surface area contributed by atoms with E-state index in [2.05, 4.69) is 9.97 Å². The minimum atomic E-state index is -3.44. The van der Waals surface area contributed by atoms with Gasteiger partial charge in [-0.3, -0.25) is 4.52 Å². The highest BCUT2D eigenvalue weighted by molar-refractivity contribution is 7.55. The van der Waals surface area contributed by atoms with Crippen LogP contribution in [-0.4, -0.2) is 40.9 Å². The van der Waals surface area contributed by atoms with Crippen molar-refractivity contribution < 1.29 is 14.3 Å². The number of rotatable bonds is 4. The number of nitrogens with zero attached hydrogens (tertiary/aromatic N) is 5. The fourth-order valence-corrected chi connectivity index (χ4v) is 5.30. The lowest BCUT2D eigenvalue weighted by Gasteiger charge is -2.49. The van der Waals surface area contributed by atoms with E-state index in [1.165, 1.54) is 21.3 Å². The van der Waals surface area contributed by atoms with Crippen LogP contribution < -0.4 is 0 Å². The Bertz CT molecular complexity index is 670. The van der Waals surface area contributed by atoms with Gasteiger partial charge in [0.2, 0.25) is 0 Å². The number of aromatic nitrogens is 4. The quantitative estimate of drug-likeness (QED) is 0.790. The minimum absolute atomic E-state index is 0.323. The summed E-state index contributed by atoms with van der Waals surface area (Å²) in [5.74, 6) is 0. The molecule has 24 heavy (non-hydrogen) atoms. The highest BCUT2D eigenvalue weighted by atomic mass is 31.2. The lowest BCUT2D eigenvalue weighted by atomic mass is 9.80. The molecule has 3 heterocycles. The van der Waals surface area contributed by atoms with E-state index in [9.17, 15) is 9.77 Å². The molecule has 0 aliphatic carbocycles. The third-order valence-corrected chi connectivity index (χ3v) is 6.62. The highest BCUT2D eigenvalue weighted by Gasteiger charge is 2.48. The second-order valence-electron chi connectivity index (χ2n) is 7.43. The number of hydrogen-bond donors (Lipinski definition) is 0. The maximum atomic E-state index is 13.6. The summed E-state index contributed by atoms with van der Waals surface area (Å²) in [5.41, 5.74) is -1.19. The van der Waals surface area contributed by atoms with Crippen LogP contribution in [0.2, 0.25) is 0 Å². The molecule has 0 atom stereocenters. The van der Waals surface area contributed by atoms with Crippen LogP contribution in [0.5, 0.6) is 0 Å². The Morgan fingerprint density at radius 2 is 1.46 bits per heavy atom. The van der Waals surface area contributed by atoms with Crippen LogP contribution in [0.25, 0.3) is 0 Å². The molecule has 1 aliphatic heterocycles. The van der Waals surface area contributed by atoms with Gasteiger partial charge in [-0.15, -0.1) is 10.3 Å². The van der Waals surface area contributed by atoms with Crippen molar-refractivity contribution in [1.29, 1.82) is 0 Å². The van der Waals surface area contributed by atoms with Gasteiger partial charge < -0.3 is 0 Å². The monoisotopic (exact) mass is 352 g/mol. The standard InChI is InChI=1S/C15H23N5O3P/c1-14(2)9-13(10-15(3,4)20(14)21)23-24(22,18-7-5-16-11-18)19-8-6-17-12-19/h5-8,11-13H,9-10H2,1-4H3. The summed E-state index contributed by atoms with van der Waals surface area (Å²) in [6.45, 7) is 7.54. The molecule has 1 radical (unpaired) electrons. The first kappa shape index (κ1) is 17.4. The van der Waals surface area contributed by atoms with Crippen molar-refractivity contribution in [3.05, 3.63) is 37.4 Å². The molecule has 0 spiro atoms. The molecule has 0 amide bonds. The third kappa shape index (κ3) is 2.95. The van der Waals surface area contributed by atoms with Crippen LogP contribution in [0.4, 0.5) is 0 Å². The summed E-state index contributed by atoms with van der Waals surface area (Å²) in [7, 11) is -3.44. The lowest BCUT2D eigenvalue weighted by Crippen LogP contribution is -2.59. The fourth-order valence-electron chi connectivity index (χ4n) is 3.47. The van der Waals surface area contributed by atoms with Crippen molar-refractivity contribution in [1.82, 2.24) is 23.7 Å². The predicted molar refractivity (Wildman–Crippen MR) is 87.6 cm³/mol. The average molecular weight is 352 g/mol. The molecule has 0 bridgehead atoms. The molecule has 1 saturated heterocycles. The van der Waals surface area contributed by atoms with Gasteiger partial charge in [0.15, 0.2) is 0 Å². The molecule has 9 heteroatoms. The normalized spacial score (nSPS) is 21.9. The first-order valence-electron chi connectivity index (χ1n) is 7.89. The van der Waals surface area contributed by atoms with E-state index in [4.69, 9.17) is 4.52 Å². The molecule has 1 aliphatic rings. The Morgan fingerprint density at radius 1 is 1.00 bits per heavy atom. The molecule has 131 valence electrons. The van der Waals surface area contributed by atoms with Crippen molar-refractivity contribution in [2.24, 2.45) is 0 Å². The maximum Gasteiger partial charge on any atom is 0.406 e. The van der Waals surface area contributed by atoms with E-state index in [1.807, 2.05) is 27.7 Å². The van der Waals surface area contributed by atoms with Gasteiger partial charge in [0.1, 0.15) is 12.7 Å². The molecule has 2 aromatic heterocycles. The zero-order chi connectivity index (χ0) is 17.6. The van der Waals surface area contributed by atoms with Gasteiger partial charge in [-0.1, -0.05) is 0 Å². The van der Waals surface area contributed by atoms with E-state index in [-0.39, 0.29) is 6.10 Å². The number of hydrogen-bond acceptors (Lipinski definition) is 5. The van der Waals surface area contributed by atoms with Gasteiger partial charge in [0, 0.05) is 35.9 Å². The zero-order valence-electron chi connectivity index (χ0n) is 14.4.